The Morgan fingerprint density at radius 2 is 1.53 bits per heavy atom. The molecule has 1 rings (SSSR count). The normalized spacial score (nSPS) is 12.1. The lowest BCUT2D eigenvalue weighted by atomic mass is 9.88. The van der Waals surface area contributed by atoms with Gasteiger partial charge in [-0.3, -0.25) is 9.59 Å². The van der Waals surface area contributed by atoms with E-state index < -0.39 is 0 Å². The van der Waals surface area contributed by atoms with Gasteiger partial charge in [-0.25, -0.2) is 0 Å². The third-order valence-corrected chi connectivity index (χ3v) is 3.66. The van der Waals surface area contributed by atoms with Crippen LogP contribution in [0, 0.1) is 5.41 Å². The third-order valence-electron chi connectivity index (χ3n) is 3.66. The molecule has 0 aliphatic carbocycles. The first kappa shape index (κ1) is 15.9. The van der Waals surface area contributed by atoms with Gasteiger partial charge >= 0.3 is 0 Å². The Morgan fingerprint density at radius 1 is 0.947 bits per heavy atom. The maximum Gasteiger partial charge on any atom is 0.249 e. The van der Waals surface area contributed by atoms with Crippen LogP contribution in [0.3, 0.4) is 0 Å². The maximum absolute atomic E-state index is 11.7. The summed E-state index contributed by atoms with van der Waals surface area (Å²) in [5.74, 6) is 0. The summed E-state index contributed by atoms with van der Waals surface area (Å²) in [4.78, 5) is 25.3. The van der Waals surface area contributed by atoms with Crippen LogP contribution in [0.5, 0.6) is 0 Å². The van der Waals surface area contributed by atoms with E-state index in [-0.39, 0.29) is 10.9 Å². The van der Waals surface area contributed by atoms with Gasteiger partial charge in [-0.1, -0.05) is 27.2 Å². The van der Waals surface area contributed by atoms with Crippen molar-refractivity contribution in [3.63, 3.8) is 0 Å². The van der Waals surface area contributed by atoms with E-state index in [4.69, 9.17) is 0 Å². The minimum Gasteiger partial charge on any atom is -0.368 e. The number of anilines is 1. The Kier molecular flexibility index (Phi) is 5.33. The Hall–Kier alpha value is -1.12. The topological polar surface area (TPSA) is 37.4 Å². The molecule has 0 fully saturated rings. The van der Waals surface area contributed by atoms with Crippen LogP contribution in [0.25, 0.3) is 0 Å². The molecule has 0 unspecified atom stereocenters. The van der Waals surface area contributed by atoms with Gasteiger partial charge < -0.3 is 4.90 Å². The molecule has 0 saturated carbocycles. The minimum atomic E-state index is -0.283. The molecule has 0 bridgehead atoms. The van der Waals surface area contributed by atoms with Crippen LogP contribution in [-0.2, 0) is 6.42 Å². The van der Waals surface area contributed by atoms with Gasteiger partial charge in [-0.05, 0) is 38.5 Å². The number of unbranched alkanes of at least 4 members (excludes halogenated alkanes) is 1. The first-order chi connectivity index (χ1) is 8.81. The molecule has 108 valence electrons. The lowest BCUT2D eigenvalue weighted by Crippen LogP contribution is -2.43. The van der Waals surface area contributed by atoms with E-state index in [0.717, 1.165) is 44.3 Å². The fourth-order valence-corrected chi connectivity index (χ4v) is 2.49. The molecule has 0 heterocycles. The van der Waals surface area contributed by atoms with Gasteiger partial charge in [-0.15, -0.1) is 0 Å². The molecular weight excluding hydrogens is 238 g/mol. The van der Waals surface area contributed by atoms with E-state index in [9.17, 15) is 9.59 Å². The first-order valence-corrected chi connectivity index (χ1v) is 7.39. The number of nitrogens with zero attached hydrogens (tertiary/aromatic N) is 1. The molecular formula is C16H27NO2. The zero-order chi connectivity index (χ0) is 14.6. The number of hydrogen-bond donors (Lipinski definition) is 0. The summed E-state index contributed by atoms with van der Waals surface area (Å²) in [6.07, 6.45) is 4.02. The third kappa shape index (κ3) is 3.92. The summed E-state index contributed by atoms with van der Waals surface area (Å²) in [5, 5.41) is 0. The van der Waals surface area contributed by atoms with Crippen LogP contribution in [-0.4, -0.2) is 13.1 Å². The molecule has 0 N–H and O–H groups in total. The fraction of sp³-hybridized carbons (Fsp3) is 0.750. The molecule has 1 aromatic rings. The van der Waals surface area contributed by atoms with Crippen molar-refractivity contribution in [2.24, 2.45) is 5.41 Å². The highest BCUT2D eigenvalue weighted by molar-refractivity contribution is 5.58. The van der Waals surface area contributed by atoms with Gasteiger partial charge in [0.05, 0.1) is 5.69 Å². The predicted molar refractivity (Wildman–Crippen MR) is 81.9 cm³/mol. The van der Waals surface area contributed by atoms with Crippen molar-refractivity contribution in [2.75, 3.05) is 18.0 Å². The fourth-order valence-electron chi connectivity index (χ4n) is 2.49. The van der Waals surface area contributed by atoms with Crippen molar-refractivity contribution in [1.29, 1.82) is 0 Å². The molecule has 3 heteroatoms. The van der Waals surface area contributed by atoms with Gasteiger partial charge in [0, 0.05) is 18.7 Å². The predicted octanol–water partition coefficient (Wildman–Crippen LogP) is 2.89. The lowest BCUT2D eigenvalue weighted by molar-refractivity contribution is 0.360. The SMILES string of the molecule is CCN(CC)c1c(CCCCC(C)(C)C)c(=O)c1=O. The number of rotatable bonds is 7. The highest BCUT2D eigenvalue weighted by atomic mass is 16.2. The van der Waals surface area contributed by atoms with Crippen LogP contribution >= 0.6 is 0 Å². The van der Waals surface area contributed by atoms with Gasteiger partial charge in [-0.2, -0.15) is 0 Å². The van der Waals surface area contributed by atoms with Crippen molar-refractivity contribution in [2.45, 2.75) is 60.3 Å². The molecule has 0 aliphatic heterocycles. The number of hydrogen-bond acceptors (Lipinski definition) is 3. The molecule has 19 heavy (non-hydrogen) atoms. The van der Waals surface area contributed by atoms with Crippen molar-refractivity contribution in [3.8, 4) is 0 Å². The lowest BCUT2D eigenvalue weighted by Gasteiger charge is -2.25. The van der Waals surface area contributed by atoms with Crippen LogP contribution in [0.15, 0.2) is 9.59 Å². The second-order valence-corrected chi connectivity index (χ2v) is 6.43. The standard InChI is InChI=1S/C16H27NO2/c1-6-17(7-2)13-12(14(18)15(13)19)10-8-9-11-16(3,4)5/h6-11H2,1-5H3. The van der Waals surface area contributed by atoms with Crippen molar-refractivity contribution in [3.05, 3.63) is 26.0 Å². The molecule has 0 saturated heterocycles. The highest BCUT2D eigenvalue weighted by Crippen LogP contribution is 2.23. The average molecular weight is 265 g/mol. The van der Waals surface area contributed by atoms with E-state index in [1.165, 1.54) is 0 Å². The average Bonchev–Trinajstić information content (AvgIpc) is 2.35. The van der Waals surface area contributed by atoms with Crippen molar-refractivity contribution >= 4 is 5.69 Å². The van der Waals surface area contributed by atoms with Gasteiger partial charge in [0.25, 0.3) is 0 Å². The molecule has 0 atom stereocenters. The molecule has 3 nitrogen and oxygen atoms in total. The monoisotopic (exact) mass is 265 g/mol. The van der Waals surface area contributed by atoms with Crippen LogP contribution in [0.2, 0.25) is 0 Å². The Balaban J connectivity index is 2.62. The smallest absolute Gasteiger partial charge is 0.249 e. The molecule has 1 aromatic carbocycles. The summed E-state index contributed by atoms with van der Waals surface area (Å²) in [5.41, 5.74) is 1.26. The second-order valence-electron chi connectivity index (χ2n) is 6.43. The highest BCUT2D eigenvalue weighted by Gasteiger charge is 2.23. The quantitative estimate of drug-likeness (QED) is 0.562. The summed E-state index contributed by atoms with van der Waals surface area (Å²) in [6.45, 7) is 12.3. The maximum atomic E-state index is 11.7. The zero-order valence-corrected chi connectivity index (χ0v) is 13.0. The summed E-state index contributed by atoms with van der Waals surface area (Å²) < 4.78 is 0. The van der Waals surface area contributed by atoms with E-state index in [1.807, 2.05) is 18.7 Å². The molecule has 0 aromatic heterocycles. The first-order valence-electron chi connectivity index (χ1n) is 7.39. The van der Waals surface area contributed by atoms with Gasteiger partial charge in [0.1, 0.15) is 0 Å². The van der Waals surface area contributed by atoms with Gasteiger partial charge in [0.15, 0.2) is 0 Å². The van der Waals surface area contributed by atoms with Gasteiger partial charge in [0.2, 0.25) is 10.9 Å². The van der Waals surface area contributed by atoms with E-state index in [2.05, 4.69) is 20.8 Å². The molecule has 0 spiro atoms. The molecule has 0 aliphatic rings. The summed E-state index contributed by atoms with van der Waals surface area (Å²) in [6, 6.07) is 0. The van der Waals surface area contributed by atoms with Crippen molar-refractivity contribution in [1.82, 2.24) is 0 Å². The van der Waals surface area contributed by atoms with Crippen molar-refractivity contribution < 1.29 is 0 Å². The minimum absolute atomic E-state index is 0.252. The summed E-state index contributed by atoms with van der Waals surface area (Å²) >= 11 is 0. The Labute approximate surface area is 116 Å². The van der Waals surface area contributed by atoms with Crippen LogP contribution in [0.1, 0.15) is 59.4 Å². The molecule has 0 amide bonds. The summed E-state index contributed by atoms with van der Waals surface area (Å²) in [7, 11) is 0. The van der Waals surface area contributed by atoms with Crippen LogP contribution < -0.4 is 15.8 Å². The second kappa shape index (κ2) is 6.36. The Morgan fingerprint density at radius 3 is 2.00 bits per heavy atom. The molecule has 0 radical (unpaired) electrons. The van der Waals surface area contributed by atoms with E-state index in [0.29, 0.717) is 11.1 Å². The van der Waals surface area contributed by atoms with E-state index >= 15 is 0 Å². The van der Waals surface area contributed by atoms with Crippen LogP contribution in [0.4, 0.5) is 5.69 Å². The zero-order valence-electron chi connectivity index (χ0n) is 13.0. The Bertz CT molecular complexity index is 471. The van der Waals surface area contributed by atoms with E-state index in [1.54, 1.807) is 0 Å². The largest absolute Gasteiger partial charge is 0.368 e.